The maximum Gasteiger partial charge on any atom is 0.0545 e. The van der Waals surface area contributed by atoms with E-state index in [9.17, 15) is 0 Å². The fourth-order valence-electron chi connectivity index (χ4n) is 1.18. The van der Waals surface area contributed by atoms with Crippen LogP contribution >= 0.6 is 11.8 Å². The van der Waals surface area contributed by atoms with Crippen molar-refractivity contribution in [3.05, 3.63) is 18.0 Å². The average molecular weight is 223 g/mol. The smallest absolute Gasteiger partial charge is 0.0545 e. The van der Waals surface area contributed by atoms with E-state index in [0.717, 1.165) is 31.1 Å². The van der Waals surface area contributed by atoms with E-state index in [1.165, 1.54) is 5.56 Å². The maximum absolute atomic E-state index is 5.15. The third-order valence-electron chi connectivity index (χ3n) is 1.95. The Kier molecular flexibility index (Phi) is 5.98. The molecule has 15 heavy (non-hydrogen) atoms. The van der Waals surface area contributed by atoms with E-state index in [4.69, 9.17) is 6.42 Å². The third-order valence-corrected chi connectivity index (χ3v) is 2.81. The molecule has 4 heteroatoms. The highest BCUT2D eigenvalue weighted by atomic mass is 32.2. The summed E-state index contributed by atoms with van der Waals surface area (Å²) in [5.41, 5.74) is 1.23. The lowest BCUT2D eigenvalue weighted by Gasteiger charge is -2.01. The molecule has 0 fully saturated rings. The molecular weight excluding hydrogens is 206 g/mol. The summed E-state index contributed by atoms with van der Waals surface area (Å²) in [4.78, 5) is 0. The Morgan fingerprint density at radius 1 is 1.67 bits per heavy atom. The average Bonchev–Trinajstić information content (AvgIpc) is 2.71. The first kappa shape index (κ1) is 12.2. The quantitative estimate of drug-likeness (QED) is 0.559. The highest BCUT2D eigenvalue weighted by Crippen LogP contribution is 1.98. The van der Waals surface area contributed by atoms with Crippen LogP contribution in [0.25, 0.3) is 0 Å². The Labute approximate surface area is 95.6 Å². The van der Waals surface area contributed by atoms with E-state index in [1.54, 1.807) is 11.8 Å². The molecule has 0 amide bonds. The monoisotopic (exact) mass is 223 g/mol. The summed E-state index contributed by atoms with van der Waals surface area (Å²) in [6.45, 7) is 4.89. The van der Waals surface area contributed by atoms with E-state index in [-0.39, 0.29) is 0 Å². The Bertz CT molecular complexity index is 314. The summed E-state index contributed by atoms with van der Waals surface area (Å²) in [5.74, 6) is 4.47. The second kappa shape index (κ2) is 7.38. The van der Waals surface area contributed by atoms with Crippen molar-refractivity contribution in [3.63, 3.8) is 0 Å². The van der Waals surface area contributed by atoms with Gasteiger partial charge in [0.15, 0.2) is 0 Å². The minimum Gasteiger partial charge on any atom is -0.312 e. The first-order valence-corrected chi connectivity index (χ1v) is 6.25. The minimum atomic E-state index is 0.801. The lowest BCUT2D eigenvalue weighted by atomic mass is 10.3. The SMILES string of the molecule is C#CCSCCNCc1cnn(CC)c1. The zero-order valence-electron chi connectivity index (χ0n) is 9.07. The van der Waals surface area contributed by atoms with E-state index < -0.39 is 0 Å². The number of aromatic nitrogens is 2. The van der Waals surface area contributed by atoms with Gasteiger partial charge in [0.25, 0.3) is 0 Å². The van der Waals surface area contributed by atoms with Gasteiger partial charge in [0.2, 0.25) is 0 Å². The van der Waals surface area contributed by atoms with Crippen LogP contribution < -0.4 is 5.32 Å². The maximum atomic E-state index is 5.15. The zero-order valence-corrected chi connectivity index (χ0v) is 9.89. The van der Waals surface area contributed by atoms with Gasteiger partial charge in [-0.1, -0.05) is 5.92 Å². The normalized spacial score (nSPS) is 10.1. The predicted octanol–water partition coefficient (Wildman–Crippen LogP) is 1.36. The van der Waals surface area contributed by atoms with Crippen LogP contribution in [0.5, 0.6) is 0 Å². The van der Waals surface area contributed by atoms with Gasteiger partial charge in [0.1, 0.15) is 0 Å². The molecule has 0 bridgehead atoms. The summed E-state index contributed by atoms with van der Waals surface area (Å²) in [6.07, 6.45) is 9.13. The minimum absolute atomic E-state index is 0.801. The molecular formula is C11H17N3S. The molecule has 0 radical (unpaired) electrons. The number of hydrogen-bond acceptors (Lipinski definition) is 3. The van der Waals surface area contributed by atoms with Gasteiger partial charge in [-0.3, -0.25) is 4.68 Å². The summed E-state index contributed by atoms with van der Waals surface area (Å²) >= 11 is 1.78. The fourth-order valence-corrected chi connectivity index (χ4v) is 1.73. The molecule has 0 aliphatic carbocycles. The van der Waals surface area contributed by atoms with E-state index in [0.29, 0.717) is 0 Å². The Morgan fingerprint density at radius 2 is 2.53 bits per heavy atom. The number of nitrogens with one attached hydrogen (secondary N) is 1. The van der Waals surface area contributed by atoms with Crippen LogP contribution in [0.4, 0.5) is 0 Å². The van der Waals surface area contributed by atoms with E-state index in [2.05, 4.69) is 29.5 Å². The summed E-state index contributed by atoms with van der Waals surface area (Å²) < 4.78 is 1.93. The van der Waals surface area contributed by atoms with Crippen molar-refractivity contribution in [2.75, 3.05) is 18.1 Å². The molecule has 0 saturated heterocycles. The number of nitrogens with zero attached hydrogens (tertiary/aromatic N) is 2. The molecule has 0 saturated carbocycles. The van der Waals surface area contributed by atoms with Crippen molar-refractivity contribution in [2.45, 2.75) is 20.0 Å². The molecule has 0 aromatic carbocycles. The van der Waals surface area contributed by atoms with E-state index >= 15 is 0 Å². The molecule has 0 atom stereocenters. The first-order valence-electron chi connectivity index (χ1n) is 5.10. The number of hydrogen-bond donors (Lipinski definition) is 1. The Hall–Kier alpha value is -0.920. The number of terminal acetylenes is 1. The fraction of sp³-hybridized carbons (Fsp3) is 0.545. The summed E-state index contributed by atoms with van der Waals surface area (Å²) in [6, 6.07) is 0. The van der Waals surface area contributed by atoms with Crippen molar-refractivity contribution >= 4 is 11.8 Å². The van der Waals surface area contributed by atoms with Gasteiger partial charge in [0.05, 0.1) is 11.9 Å². The molecule has 1 aromatic heterocycles. The van der Waals surface area contributed by atoms with Crippen molar-refractivity contribution in [1.29, 1.82) is 0 Å². The lowest BCUT2D eigenvalue weighted by molar-refractivity contribution is 0.657. The van der Waals surface area contributed by atoms with Gasteiger partial charge >= 0.3 is 0 Å². The van der Waals surface area contributed by atoms with Crippen LogP contribution in [0, 0.1) is 12.3 Å². The van der Waals surface area contributed by atoms with Gasteiger partial charge in [-0.15, -0.1) is 18.2 Å². The number of thioether (sulfide) groups is 1. The first-order chi connectivity index (χ1) is 7.36. The second-order valence-corrected chi connectivity index (χ2v) is 4.24. The van der Waals surface area contributed by atoms with Crippen LogP contribution in [-0.4, -0.2) is 27.8 Å². The predicted molar refractivity (Wildman–Crippen MR) is 65.8 cm³/mol. The molecule has 0 aliphatic rings. The van der Waals surface area contributed by atoms with E-state index in [1.807, 2.05) is 10.9 Å². The lowest BCUT2D eigenvalue weighted by Crippen LogP contribution is -2.16. The number of rotatable bonds is 7. The molecule has 82 valence electrons. The molecule has 3 nitrogen and oxygen atoms in total. The van der Waals surface area contributed by atoms with Gasteiger partial charge in [0, 0.05) is 37.1 Å². The molecule has 1 heterocycles. The van der Waals surface area contributed by atoms with Gasteiger partial charge in [-0.2, -0.15) is 5.10 Å². The van der Waals surface area contributed by atoms with Gasteiger partial charge in [-0.05, 0) is 6.92 Å². The third kappa shape index (κ3) is 4.91. The van der Waals surface area contributed by atoms with Crippen LogP contribution in [-0.2, 0) is 13.1 Å². The topological polar surface area (TPSA) is 29.9 Å². The highest BCUT2D eigenvalue weighted by Gasteiger charge is 1.96. The second-order valence-electron chi connectivity index (χ2n) is 3.14. The molecule has 1 rings (SSSR count). The largest absolute Gasteiger partial charge is 0.312 e. The highest BCUT2D eigenvalue weighted by molar-refractivity contribution is 7.99. The van der Waals surface area contributed by atoms with Crippen LogP contribution in [0.2, 0.25) is 0 Å². The standard InChI is InChI=1S/C11H17N3S/c1-3-6-15-7-5-12-8-11-9-13-14(4-2)10-11/h1,9-10,12H,4-8H2,2H3. The Morgan fingerprint density at radius 3 is 3.20 bits per heavy atom. The van der Waals surface area contributed by atoms with Crippen molar-refractivity contribution in [1.82, 2.24) is 15.1 Å². The molecule has 1 aromatic rings. The summed E-state index contributed by atoms with van der Waals surface area (Å²) in [5, 5.41) is 7.56. The summed E-state index contributed by atoms with van der Waals surface area (Å²) in [7, 11) is 0. The van der Waals surface area contributed by atoms with Gasteiger partial charge < -0.3 is 5.32 Å². The van der Waals surface area contributed by atoms with Crippen LogP contribution in [0.15, 0.2) is 12.4 Å². The molecule has 0 unspecified atom stereocenters. The van der Waals surface area contributed by atoms with Crippen LogP contribution in [0.3, 0.4) is 0 Å². The molecule has 0 aliphatic heterocycles. The molecule has 1 N–H and O–H groups in total. The Balaban J connectivity index is 2.07. The van der Waals surface area contributed by atoms with Gasteiger partial charge in [-0.25, -0.2) is 0 Å². The van der Waals surface area contributed by atoms with Crippen LogP contribution in [0.1, 0.15) is 12.5 Å². The van der Waals surface area contributed by atoms with Crippen molar-refractivity contribution in [2.24, 2.45) is 0 Å². The number of aryl methyl sites for hydroxylation is 1. The van der Waals surface area contributed by atoms with Crippen molar-refractivity contribution < 1.29 is 0 Å². The molecule has 0 spiro atoms. The zero-order chi connectivity index (χ0) is 10.9. The van der Waals surface area contributed by atoms with Crippen molar-refractivity contribution in [3.8, 4) is 12.3 Å².